The lowest BCUT2D eigenvalue weighted by Crippen LogP contribution is -2.36. The summed E-state index contributed by atoms with van der Waals surface area (Å²) in [6.07, 6.45) is 4.77. The quantitative estimate of drug-likeness (QED) is 0.785. The lowest BCUT2D eigenvalue weighted by atomic mass is 9.96. The molecule has 1 saturated heterocycles. The molecule has 1 aromatic rings. The van der Waals surface area contributed by atoms with Crippen molar-refractivity contribution in [2.75, 3.05) is 6.54 Å². The molecule has 88 valence electrons. The first-order valence-electron chi connectivity index (χ1n) is 5.96. The molecule has 1 aliphatic rings. The van der Waals surface area contributed by atoms with Gasteiger partial charge in [-0.05, 0) is 45.2 Å². The van der Waals surface area contributed by atoms with Gasteiger partial charge in [-0.25, -0.2) is 4.79 Å². The van der Waals surface area contributed by atoms with Crippen molar-refractivity contribution in [1.82, 2.24) is 15.3 Å². The standard InChI is InChI=1S/C12H19N3O/c1-8-11(9(2)15-12(16)14-8)7-10-5-3-4-6-13-10/h10,13H,3-7H2,1-2H3,(H,14,15,16). The summed E-state index contributed by atoms with van der Waals surface area (Å²) < 4.78 is 0. The highest BCUT2D eigenvalue weighted by Crippen LogP contribution is 2.15. The lowest BCUT2D eigenvalue weighted by molar-refractivity contribution is 0.397. The van der Waals surface area contributed by atoms with Gasteiger partial charge >= 0.3 is 5.69 Å². The first-order valence-corrected chi connectivity index (χ1v) is 5.96. The molecule has 0 aromatic carbocycles. The predicted molar refractivity (Wildman–Crippen MR) is 63.7 cm³/mol. The van der Waals surface area contributed by atoms with Gasteiger partial charge in [0.1, 0.15) is 0 Å². The zero-order chi connectivity index (χ0) is 11.5. The number of aromatic nitrogens is 2. The number of hydrogen-bond acceptors (Lipinski definition) is 3. The Hall–Kier alpha value is -1.16. The van der Waals surface area contributed by atoms with Crippen molar-refractivity contribution < 1.29 is 0 Å². The molecule has 0 spiro atoms. The van der Waals surface area contributed by atoms with Crippen LogP contribution in [-0.2, 0) is 6.42 Å². The number of hydrogen-bond donors (Lipinski definition) is 2. The van der Waals surface area contributed by atoms with Gasteiger partial charge in [0.05, 0.1) is 0 Å². The predicted octanol–water partition coefficient (Wildman–Crippen LogP) is 1.07. The van der Waals surface area contributed by atoms with Crippen molar-refractivity contribution in [1.29, 1.82) is 0 Å². The molecule has 1 atom stereocenters. The number of nitrogens with zero attached hydrogens (tertiary/aromatic N) is 1. The Morgan fingerprint density at radius 1 is 1.38 bits per heavy atom. The summed E-state index contributed by atoms with van der Waals surface area (Å²) in [7, 11) is 0. The van der Waals surface area contributed by atoms with Crippen LogP contribution in [-0.4, -0.2) is 22.6 Å². The highest BCUT2D eigenvalue weighted by molar-refractivity contribution is 5.23. The van der Waals surface area contributed by atoms with Crippen molar-refractivity contribution >= 4 is 0 Å². The topological polar surface area (TPSA) is 57.8 Å². The molecule has 0 radical (unpaired) electrons. The molecular weight excluding hydrogens is 202 g/mol. The molecule has 16 heavy (non-hydrogen) atoms. The zero-order valence-electron chi connectivity index (χ0n) is 9.97. The molecular formula is C12H19N3O. The number of nitrogens with one attached hydrogen (secondary N) is 2. The van der Waals surface area contributed by atoms with Crippen molar-refractivity contribution in [3.8, 4) is 0 Å². The Balaban J connectivity index is 2.17. The van der Waals surface area contributed by atoms with Crippen LogP contribution in [0.15, 0.2) is 4.79 Å². The van der Waals surface area contributed by atoms with E-state index in [1.807, 2.05) is 13.8 Å². The van der Waals surface area contributed by atoms with E-state index >= 15 is 0 Å². The minimum Gasteiger partial charge on any atom is -0.314 e. The largest absolute Gasteiger partial charge is 0.345 e. The number of aryl methyl sites for hydroxylation is 2. The summed E-state index contributed by atoms with van der Waals surface area (Å²) in [4.78, 5) is 17.9. The Morgan fingerprint density at radius 3 is 2.81 bits per heavy atom. The Bertz CT molecular complexity index is 393. The second-order valence-corrected chi connectivity index (χ2v) is 4.58. The molecule has 1 unspecified atom stereocenters. The van der Waals surface area contributed by atoms with E-state index in [0.717, 1.165) is 24.4 Å². The molecule has 4 heteroatoms. The Kier molecular flexibility index (Phi) is 3.39. The number of piperidine rings is 1. The van der Waals surface area contributed by atoms with Gasteiger partial charge in [-0.1, -0.05) is 6.42 Å². The van der Waals surface area contributed by atoms with Crippen LogP contribution in [0.25, 0.3) is 0 Å². The van der Waals surface area contributed by atoms with Crippen LogP contribution in [0.1, 0.15) is 36.2 Å². The Morgan fingerprint density at radius 2 is 2.19 bits per heavy atom. The third kappa shape index (κ3) is 2.50. The van der Waals surface area contributed by atoms with Gasteiger partial charge in [0.15, 0.2) is 0 Å². The SMILES string of the molecule is Cc1nc(=O)[nH]c(C)c1CC1CCCCN1. The molecule has 1 aliphatic heterocycles. The summed E-state index contributed by atoms with van der Waals surface area (Å²) in [6.45, 7) is 4.98. The molecule has 1 aromatic heterocycles. The van der Waals surface area contributed by atoms with Crippen LogP contribution >= 0.6 is 0 Å². The average Bonchev–Trinajstić information content (AvgIpc) is 2.25. The van der Waals surface area contributed by atoms with Gasteiger partial charge in [0, 0.05) is 17.4 Å². The van der Waals surface area contributed by atoms with Gasteiger partial charge in [-0.2, -0.15) is 4.98 Å². The highest BCUT2D eigenvalue weighted by Gasteiger charge is 2.16. The van der Waals surface area contributed by atoms with E-state index in [-0.39, 0.29) is 5.69 Å². The van der Waals surface area contributed by atoms with E-state index in [1.54, 1.807) is 0 Å². The summed E-state index contributed by atoms with van der Waals surface area (Å²) in [6, 6.07) is 0.541. The number of aromatic amines is 1. The van der Waals surface area contributed by atoms with E-state index in [9.17, 15) is 4.79 Å². The minimum atomic E-state index is -0.240. The summed E-state index contributed by atoms with van der Waals surface area (Å²) >= 11 is 0. The van der Waals surface area contributed by atoms with E-state index < -0.39 is 0 Å². The van der Waals surface area contributed by atoms with Gasteiger partial charge in [-0.15, -0.1) is 0 Å². The maximum Gasteiger partial charge on any atom is 0.345 e. The lowest BCUT2D eigenvalue weighted by Gasteiger charge is -2.24. The average molecular weight is 221 g/mol. The molecule has 2 heterocycles. The van der Waals surface area contributed by atoms with Gasteiger partial charge in [0.25, 0.3) is 0 Å². The molecule has 0 amide bonds. The second kappa shape index (κ2) is 4.78. The Labute approximate surface area is 95.5 Å². The van der Waals surface area contributed by atoms with E-state index in [2.05, 4.69) is 15.3 Å². The third-order valence-electron chi connectivity index (χ3n) is 3.32. The monoisotopic (exact) mass is 221 g/mol. The summed E-state index contributed by atoms with van der Waals surface area (Å²) in [5.74, 6) is 0. The number of H-pyrrole nitrogens is 1. The first-order chi connectivity index (χ1) is 7.66. The van der Waals surface area contributed by atoms with Gasteiger partial charge < -0.3 is 10.3 Å². The second-order valence-electron chi connectivity index (χ2n) is 4.58. The van der Waals surface area contributed by atoms with Crippen LogP contribution in [0.3, 0.4) is 0 Å². The van der Waals surface area contributed by atoms with Gasteiger partial charge in [-0.3, -0.25) is 0 Å². The molecule has 2 rings (SSSR count). The zero-order valence-corrected chi connectivity index (χ0v) is 9.97. The molecule has 0 bridgehead atoms. The summed E-state index contributed by atoms with van der Waals surface area (Å²) in [5.41, 5.74) is 2.79. The van der Waals surface area contributed by atoms with Crippen molar-refractivity contribution in [3.63, 3.8) is 0 Å². The maximum atomic E-state index is 11.2. The van der Waals surface area contributed by atoms with Crippen molar-refractivity contribution in [2.24, 2.45) is 0 Å². The third-order valence-corrected chi connectivity index (χ3v) is 3.32. The van der Waals surface area contributed by atoms with Crippen molar-refractivity contribution in [2.45, 2.75) is 45.6 Å². The highest BCUT2D eigenvalue weighted by atomic mass is 16.1. The molecule has 1 fully saturated rings. The normalized spacial score (nSPS) is 21.0. The fraction of sp³-hybridized carbons (Fsp3) is 0.667. The number of rotatable bonds is 2. The van der Waals surface area contributed by atoms with Crippen LogP contribution < -0.4 is 11.0 Å². The fourth-order valence-electron chi connectivity index (χ4n) is 2.40. The first kappa shape index (κ1) is 11.3. The fourth-order valence-corrected chi connectivity index (χ4v) is 2.40. The van der Waals surface area contributed by atoms with Crippen molar-refractivity contribution in [3.05, 3.63) is 27.4 Å². The molecule has 2 N–H and O–H groups in total. The van der Waals surface area contributed by atoms with Gasteiger partial charge in [0.2, 0.25) is 0 Å². The maximum absolute atomic E-state index is 11.2. The molecule has 4 nitrogen and oxygen atoms in total. The van der Waals surface area contributed by atoms with E-state index in [0.29, 0.717) is 6.04 Å². The van der Waals surface area contributed by atoms with Crippen LogP contribution in [0, 0.1) is 13.8 Å². The van der Waals surface area contributed by atoms with E-state index in [1.165, 1.54) is 24.8 Å². The van der Waals surface area contributed by atoms with Crippen LogP contribution in [0.5, 0.6) is 0 Å². The van der Waals surface area contributed by atoms with Crippen LogP contribution in [0.2, 0.25) is 0 Å². The van der Waals surface area contributed by atoms with Crippen LogP contribution in [0.4, 0.5) is 0 Å². The molecule has 0 saturated carbocycles. The smallest absolute Gasteiger partial charge is 0.314 e. The molecule has 0 aliphatic carbocycles. The minimum absolute atomic E-state index is 0.240. The van der Waals surface area contributed by atoms with E-state index in [4.69, 9.17) is 0 Å². The summed E-state index contributed by atoms with van der Waals surface area (Å²) in [5, 5.41) is 3.52.